The molecule has 0 heterocycles. The molecule has 2 rings (SSSR count). The Morgan fingerprint density at radius 2 is 1.68 bits per heavy atom. The first-order valence-corrected chi connectivity index (χ1v) is 11.0. The van der Waals surface area contributed by atoms with Gasteiger partial charge in [0.1, 0.15) is 5.75 Å². The van der Waals surface area contributed by atoms with E-state index in [0.717, 1.165) is 18.2 Å². The van der Waals surface area contributed by atoms with E-state index in [1.165, 1.54) is 16.9 Å². The normalized spacial score (nSPS) is 13.5. The molecule has 2 aromatic rings. The molecular formula is C21H28N2O4S. The molecule has 1 N–H and O–H groups in total. The van der Waals surface area contributed by atoms with E-state index in [2.05, 4.69) is 5.32 Å². The Labute approximate surface area is 167 Å². The second kappa shape index (κ2) is 9.10. The lowest BCUT2D eigenvalue weighted by Crippen LogP contribution is -2.38. The predicted molar refractivity (Wildman–Crippen MR) is 112 cm³/mol. The number of carbonyl (C=O) groups is 1. The maximum Gasteiger partial charge on any atom is 0.261 e. The smallest absolute Gasteiger partial charge is 0.261 e. The van der Waals surface area contributed by atoms with Gasteiger partial charge in [-0.25, -0.2) is 8.42 Å². The summed E-state index contributed by atoms with van der Waals surface area (Å²) in [7, 11) is -1.84. The molecule has 28 heavy (non-hydrogen) atoms. The summed E-state index contributed by atoms with van der Waals surface area (Å²) in [6, 6.07) is 14.6. The first-order valence-electron chi connectivity index (χ1n) is 9.19. The number of carbonyl (C=O) groups excluding carboxylic acids is 1. The molecule has 0 saturated carbocycles. The van der Waals surface area contributed by atoms with Crippen LogP contribution in [0.25, 0.3) is 0 Å². The van der Waals surface area contributed by atoms with Crippen molar-refractivity contribution >= 4 is 21.6 Å². The molecule has 0 aliphatic rings. The average Bonchev–Trinajstić information content (AvgIpc) is 2.66. The molecule has 0 bridgehead atoms. The van der Waals surface area contributed by atoms with Crippen LogP contribution in [0.4, 0.5) is 5.69 Å². The molecule has 2 atom stereocenters. The van der Waals surface area contributed by atoms with Gasteiger partial charge in [0, 0.05) is 7.05 Å². The Kier molecular flexibility index (Phi) is 7.07. The van der Waals surface area contributed by atoms with E-state index in [0.29, 0.717) is 11.4 Å². The number of ether oxygens (including phenoxy) is 1. The van der Waals surface area contributed by atoms with E-state index >= 15 is 0 Å². The van der Waals surface area contributed by atoms with Crippen molar-refractivity contribution in [2.45, 2.75) is 39.3 Å². The summed E-state index contributed by atoms with van der Waals surface area (Å²) in [5.41, 5.74) is 2.76. The fourth-order valence-corrected chi connectivity index (χ4v) is 3.20. The minimum absolute atomic E-state index is 0.0788. The standard InChI is InChI=1S/C21H28N2O4S/c1-6-20(17-9-7-15(2)8-10-17)22-21(24)16(3)27-19-13-11-18(12-14-19)23(4)28(5,25)26/h7-14,16,20H,6H2,1-5H3,(H,22,24)/t16-,20+/m1/s1. The number of benzene rings is 2. The van der Waals surface area contributed by atoms with Gasteiger partial charge in [-0.1, -0.05) is 36.8 Å². The highest BCUT2D eigenvalue weighted by Gasteiger charge is 2.19. The van der Waals surface area contributed by atoms with Crippen LogP contribution in [0.2, 0.25) is 0 Å². The molecule has 0 saturated heterocycles. The summed E-state index contributed by atoms with van der Waals surface area (Å²) >= 11 is 0. The van der Waals surface area contributed by atoms with E-state index < -0.39 is 16.1 Å². The van der Waals surface area contributed by atoms with Crippen molar-refractivity contribution in [3.63, 3.8) is 0 Å². The van der Waals surface area contributed by atoms with E-state index in [4.69, 9.17) is 4.74 Å². The number of sulfonamides is 1. The van der Waals surface area contributed by atoms with Crippen LogP contribution in [0.1, 0.15) is 37.4 Å². The van der Waals surface area contributed by atoms with Gasteiger partial charge >= 0.3 is 0 Å². The highest BCUT2D eigenvalue weighted by Crippen LogP contribution is 2.22. The summed E-state index contributed by atoms with van der Waals surface area (Å²) < 4.78 is 30.1. The van der Waals surface area contributed by atoms with Crippen molar-refractivity contribution in [3.05, 3.63) is 59.7 Å². The Hall–Kier alpha value is -2.54. The molecule has 1 amide bonds. The number of hydrogen-bond donors (Lipinski definition) is 1. The lowest BCUT2D eigenvalue weighted by molar-refractivity contribution is -0.128. The number of aryl methyl sites for hydroxylation is 1. The molecule has 0 aliphatic heterocycles. The first kappa shape index (κ1) is 21.8. The molecule has 0 fully saturated rings. The third-order valence-electron chi connectivity index (χ3n) is 4.58. The van der Waals surface area contributed by atoms with Crippen molar-refractivity contribution < 1.29 is 17.9 Å². The van der Waals surface area contributed by atoms with E-state index in [1.54, 1.807) is 31.2 Å². The number of anilines is 1. The maximum atomic E-state index is 12.5. The number of nitrogens with zero attached hydrogens (tertiary/aromatic N) is 1. The quantitative estimate of drug-likeness (QED) is 0.731. The summed E-state index contributed by atoms with van der Waals surface area (Å²) in [4.78, 5) is 12.5. The van der Waals surface area contributed by atoms with Crippen LogP contribution in [0, 0.1) is 6.92 Å². The van der Waals surface area contributed by atoms with Gasteiger partial charge < -0.3 is 10.1 Å². The zero-order chi connectivity index (χ0) is 20.9. The summed E-state index contributed by atoms with van der Waals surface area (Å²) in [6.07, 6.45) is 1.23. The monoisotopic (exact) mass is 404 g/mol. The molecule has 0 aliphatic carbocycles. The molecule has 6 nitrogen and oxygen atoms in total. The summed E-state index contributed by atoms with van der Waals surface area (Å²) in [6.45, 7) is 5.74. The Bertz CT molecular complexity index is 893. The van der Waals surface area contributed by atoms with Crippen molar-refractivity contribution in [3.8, 4) is 5.75 Å². The molecule has 0 spiro atoms. The number of rotatable bonds is 8. The Morgan fingerprint density at radius 1 is 1.11 bits per heavy atom. The Morgan fingerprint density at radius 3 is 2.18 bits per heavy atom. The van der Waals surface area contributed by atoms with E-state index in [9.17, 15) is 13.2 Å². The van der Waals surface area contributed by atoms with Crippen molar-refractivity contribution in [1.29, 1.82) is 0 Å². The topological polar surface area (TPSA) is 75.7 Å². The lowest BCUT2D eigenvalue weighted by Gasteiger charge is -2.21. The van der Waals surface area contributed by atoms with E-state index in [1.807, 2.05) is 38.1 Å². The second-order valence-corrected chi connectivity index (χ2v) is 8.88. The van der Waals surface area contributed by atoms with Gasteiger partial charge in [-0.15, -0.1) is 0 Å². The highest BCUT2D eigenvalue weighted by molar-refractivity contribution is 7.92. The van der Waals surface area contributed by atoms with Gasteiger partial charge in [-0.05, 0) is 50.1 Å². The fraction of sp³-hybridized carbons (Fsp3) is 0.381. The molecule has 0 unspecified atom stereocenters. The zero-order valence-electron chi connectivity index (χ0n) is 17.0. The molecule has 2 aromatic carbocycles. The van der Waals surface area contributed by atoms with Gasteiger partial charge in [0.15, 0.2) is 6.10 Å². The third-order valence-corrected chi connectivity index (χ3v) is 5.79. The minimum Gasteiger partial charge on any atom is -0.481 e. The van der Waals surface area contributed by atoms with Gasteiger partial charge in [0.05, 0.1) is 18.0 Å². The van der Waals surface area contributed by atoms with Crippen molar-refractivity contribution in [1.82, 2.24) is 5.32 Å². The molecule has 7 heteroatoms. The summed E-state index contributed by atoms with van der Waals surface area (Å²) in [5, 5.41) is 3.02. The van der Waals surface area contributed by atoms with Gasteiger partial charge in [-0.2, -0.15) is 0 Å². The minimum atomic E-state index is -3.32. The molecule has 152 valence electrons. The number of hydrogen-bond acceptors (Lipinski definition) is 4. The predicted octanol–water partition coefficient (Wildman–Crippen LogP) is 3.43. The van der Waals surface area contributed by atoms with E-state index in [-0.39, 0.29) is 11.9 Å². The third kappa shape index (κ3) is 5.73. The maximum absolute atomic E-state index is 12.5. The largest absolute Gasteiger partial charge is 0.481 e. The van der Waals surface area contributed by atoms with Crippen LogP contribution in [0.3, 0.4) is 0 Å². The lowest BCUT2D eigenvalue weighted by atomic mass is 10.0. The van der Waals surface area contributed by atoms with Crippen LogP contribution >= 0.6 is 0 Å². The molecule has 0 aromatic heterocycles. The SMILES string of the molecule is CC[C@H](NC(=O)[C@@H](C)Oc1ccc(N(C)S(C)(=O)=O)cc1)c1ccc(C)cc1. The van der Waals surface area contributed by atoms with Crippen molar-refractivity contribution in [2.24, 2.45) is 0 Å². The molecule has 0 radical (unpaired) electrons. The van der Waals surface area contributed by atoms with Crippen LogP contribution in [-0.4, -0.2) is 33.7 Å². The van der Waals surface area contributed by atoms with Gasteiger partial charge in [-0.3, -0.25) is 9.10 Å². The first-order chi connectivity index (χ1) is 13.1. The van der Waals surface area contributed by atoms with Crippen LogP contribution in [0.15, 0.2) is 48.5 Å². The van der Waals surface area contributed by atoms with Crippen LogP contribution in [0.5, 0.6) is 5.75 Å². The van der Waals surface area contributed by atoms with Crippen LogP contribution < -0.4 is 14.4 Å². The Balaban J connectivity index is 2.00. The van der Waals surface area contributed by atoms with Gasteiger partial charge in [0.2, 0.25) is 10.0 Å². The second-order valence-electron chi connectivity index (χ2n) is 6.86. The average molecular weight is 405 g/mol. The number of nitrogens with one attached hydrogen (secondary N) is 1. The highest BCUT2D eigenvalue weighted by atomic mass is 32.2. The fourth-order valence-electron chi connectivity index (χ4n) is 2.69. The zero-order valence-corrected chi connectivity index (χ0v) is 17.8. The van der Waals surface area contributed by atoms with Crippen LogP contribution in [-0.2, 0) is 14.8 Å². The number of amides is 1. The molecular weight excluding hydrogens is 376 g/mol. The summed E-state index contributed by atoms with van der Waals surface area (Å²) in [5.74, 6) is 0.293. The van der Waals surface area contributed by atoms with Crippen molar-refractivity contribution in [2.75, 3.05) is 17.6 Å². The van der Waals surface area contributed by atoms with Gasteiger partial charge in [0.25, 0.3) is 5.91 Å².